The van der Waals surface area contributed by atoms with E-state index in [-0.39, 0.29) is 16.8 Å². The summed E-state index contributed by atoms with van der Waals surface area (Å²) in [4.78, 5) is 18.3. The number of pyridine rings is 1. The van der Waals surface area contributed by atoms with Crippen LogP contribution < -0.4 is 5.32 Å². The first-order valence-electron chi connectivity index (χ1n) is 12.5. The Labute approximate surface area is 219 Å². The van der Waals surface area contributed by atoms with Crippen molar-refractivity contribution >= 4 is 21.6 Å². The molecule has 1 fully saturated rings. The number of hydrogen-bond donors (Lipinski definition) is 1. The van der Waals surface area contributed by atoms with Gasteiger partial charge in [-0.05, 0) is 79.1 Å². The maximum absolute atomic E-state index is 13.3. The van der Waals surface area contributed by atoms with Crippen molar-refractivity contribution in [1.29, 1.82) is 0 Å². The summed E-state index contributed by atoms with van der Waals surface area (Å²) in [5.41, 5.74) is 2.60. The number of anilines is 1. The average Bonchev–Trinajstić information content (AvgIpc) is 2.91. The zero-order valence-electron chi connectivity index (χ0n) is 20.8. The smallest absolute Gasteiger partial charge is 0.367 e. The van der Waals surface area contributed by atoms with Gasteiger partial charge in [0.05, 0.1) is 15.7 Å². The molecule has 200 valence electrons. The highest BCUT2D eigenvalue weighted by atomic mass is 32.2. The molecule has 0 radical (unpaired) electrons. The summed E-state index contributed by atoms with van der Waals surface area (Å²) >= 11 is 0. The fourth-order valence-electron chi connectivity index (χ4n) is 5.17. The van der Waals surface area contributed by atoms with Crippen LogP contribution in [0.25, 0.3) is 11.1 Å². The van der Waals surface area contributed by atoms with Crippen molar-refractivity contribution in [3.63, 3.8) is 0 Å². The molecule has 1 saturated carbocycles. The zero-order valence-corrected chi connectivity index (χ0v) is 21.6. The molecule has 2 aromatic carbocycles. The lowest BCUT2D eigenvalue weighted by molar-refractivity contribution is -0.137. The number of carbonyl (C=O) groups is 1. The number of nitrogens with one attached hydrogen (secondary N) is 1. The van der Waals surface area contributed by atoms with Gasteiger partial charge in [-0.25, -0.2) is 13.4 Å². The molecule has 1 aromatic heterocycles. The molecule has 38 heavy (non-hydrogen) atoms. The number of carbonyl (C=O) groups excluding carboxylic acids is 1. The summed E-state index contributed by atoms with van der Waals surface area (Å²) in [6.45, 7) is 0.696. The summed E-state index contributed by atoms with van der Waals surface area (Å²) in [5.74, 6) is 0.335. The summed E-state index contributed by atoms with van der Waals surface area (Å²) in [6, 6.07) is 14.8. The standard InChI is InChI=1S/C28H28F3N3O3S/c1-34-15-14-19-2-3-20(16-25(19)27(34)35)18-4-9-23(10-5-18)38(36,37)24-11-7-22(8-12-24)33-26-13-6-21(17-32-26)28(29,30)31/h2-6,9-10,13,16-17,22,24H,7-8,11-12,14-15H2,1H3,(H,32,33). The van der Waals surface area contributed by atoms with Crippen molar-refractivity contribution in [3.05, 3.63) is 77.5 Å². The number of nitrogens with zero attached hydrogens (tertiary/aromatic N) is 2. The first kappa shape index (κ1) is 26.2. The molecule has 5 rings (SSSR count). The van der Waals surface area contributed by atoms with E-state index >= 15 is 0 Å². The monoisotopic (exact) mass is 543 g/mol. The molecular formula is C28H28F3N3O3S. The Hall–Kier alpha value is -3.40. The maximum atomic E-state index is 13.3. The molecule has 0 saturated heterocycles. The lowest BCUT2D eigenvalue weighted by Crippen LogP contribution is -2.34. The first-order chi connectivity index (χ1) is 18.0. The third-order valence-electron chi connectivity index (χ3n) is 7.48. The number of hydrogen-bond acceptors (Lipinski definition) is 5. The second-order valence-electron chi connectivity index (χ2n) is 9.97. The minimum Gasteiger partial charge on any atom is -0.367 e. The Morgan fingerprint density at radius 3 is 2.26 bits per heavy atom. The molecule has 2 aliphatic rings. The van der Waals surface area contributed by atoms with Gasteiger partial charge < -0.3 is 10.2 Å². The SMILES string of the molecule is CN1CCc2ccc(-c3ccc(S(=O)(=O)C4CCC(Nc5ccc(C(F)(F)F)cn5)CC4)cc3)cc2C1=O. The van der Waals surface area contributed by atoms with Gasteiger partial charge in [-0.2, -0.15) is 13.2 Å². The second kappa shape index (κ2) is 10.1. The number of likely N-dealkylation sites (N-methyl/N-ethyl adjacent to an activating group) is 1. The molecule has 10 heteroatoms. The van der Waals surface area contributed by atoms with E-state index in [2.05, 4.69) is 10.3 Å². The molecule has 1 N–H and O–H groups in total. The molecule has 1 amide bonds. The van der Waals surface area contributed by atoms with Gasteiger partial charge >= 0.3 is 6.18 Å². The topological polar surface area (TPSA) is 79.4 Å². The van der Waals surface area contributed by atoms with Crippen LogP contribution in [-0.4, -0.2) is 49.1 Å². The number of sulfone groups is 1. The molecule has 1 aliphatic carbocycles. The number of fused-ring (bicyclic) bond motifs is 1. The molecule has 1 aliphatic heterocycles. The summed E-state index contributed by atoms with van der Waals surface area (Å²) in [5, 5.41) is 2.60. The van der Waals surface area contributed by atoms with E-state index in [1.807, 2.05) is 18.2 Å². The first-order valence-corrected chi connectivity index (χ1v) is 14.1. The number of rotatable bonds is 5. The van der Waals surface area contributed by atoms with E-state index in [1.165, 1.54) is 6.07 Å². The Morgan fingerprint density at radius 2 is 1.63 bits per heavy atom. The highest BCUT2D eigenvalue weighted by molar-refractivity contribution is 7.92. The lowest BCUT2D eigenvalue weighted by atomic mass is 9.94. The molecule has 2 heterocycles. The van der Waals surface area contributed by atoms with Crippen LogP contribution in [0.3, 0.4) is 0 Å². The normalized spacial score (nSPS) is 20.2. The third kappa shape index (κ3) is 5.27. The predicted octanol–water partition coefficient (Wildman–Crippen LogP) is 5.59. The van der Waals surface area contributed by atoms with Crippen LogP contribution in [0.15, 0.2) is 65.7 Å². The van der Waals surface area contributed by atoms with Crippen molar-refractivity contribution in [2.24, 2.45) is 0 Å². The lowest BCUT2D eigenvalue weighted by Gasteiger charge is -2.29. The van der Waals surface area contributed by atoms with E-state index in [9.17, 15) is 26.4 Å². The van der Waals surface area contributed by atoms with Gasteiger partial charge in [0, 0.05) is 31.4 Å². The Kier molecular flexibility index (Phi) is 6.94. The number of amides is 1. The van der Waals surface area contributed by atoms with E-state index in [0.29, 0.717) is 43.6 Å². The zero-order chi connectivity index (χ0) is 27.1. The predicted molar refractivity (Wildman–Crippen MR) is 139 cm³/mol. The number of halogens is 3. The fraction of sp³-hybridized carbons (Fsp3) is 0.357. The van der Waals surface area contributed by atoms with Crippen molar-refractivity contribution in [2.75, 3.05) is 18.9 Å². The highest BCUT2D eigenvalue weighted by Crippen LogP contribution is 2.33. The van der Waals surface area contributed by atoms with E-state index in [0.717, 1.165) is 35.4 Å². The van der Waals surface area contributed by atoms with Crippen molar-refractivity contribution in [1.82, 2.24) is 9.88 Å². The number of benzene rings is 2. The van der Waals surface area contributed by atoms with Gasteiger partial charge in [0.25, 0.3) is 5.91 Å². The quantitative estimate of drug-likeness (QED) is 0.454. The summed E-state index contributed by atoms with van der Waals surface area (Å²) < 4.78 is 64.8. The van der Waals surface area contributed by atoms with Crippen LogP contribution >= 0.6 is 0 Å². The van der Waals surface area contributed by atoms with Gasteiger partial charge in [0.15, 0.2) is 9.84 Å². The molecule has 0 unspecified atom stereocenters. The van der Waals surface area contributed by atoms with Crippen LogP contribution in [0.5, 0.6) is 0 Å². The third-order valence-corrected chi connectivity index (χ3v) is 9.75. The fourth-order valence-corrected chi connectivity index (χ4v) is 6.96. The van der Waals surface area contributed by atoms with E-state index < -0.39 is 26.8 Å². The average molecular weight is 544 g/mol. The highest BCUT2D eigenvalue weighted by Gasteiger charge is 2.33. The van der Waals surface area contributed by atoms with Crippen molar-refractivity contribution < 1.29 is 26.4 Å². The van der Waals surface area contributed by atoms with Crippen LogP contribution in [0, 0.1) is 0 Å². The maximum Gasteiger partial charge on any atom is 0.417 e. The Balaban J connectivity index is 1.23. The minimum absolute atomic E-state index is 0.00788. The molecular weight excluding hydrogens is 515 g/mol. The molecule has 0 atom stereocenters. The van der Waals surface area contributed by atoms with Crippen molar-refractivity contribution in [2.45, 2.75) is 54.5 Å². The Morgan fingerprint density at radius 1 is 0.947 bits per heavy atom. The largest absolute Gasteiger partial charge is 0.417 e. The summed E-state index contributed by atoms with van der Waals surface area (Å²) in [7, 11) is -1.75. The van der Waals surface area contributed by atoms with Gasteiger partial charge in [-0.15, -0.1) is 0 Å². The number of alkyl halides is 3. The molecule has 0 bridgehead atoms. The van der Waals surface area contributed by atoms with Gasteiger partial charge in [-0.3, -0.25) is 4.79 Å². The van der Waals surface area contributed by atoms with Gasteiger partial charge in [0.2, 0.25) is 0 Å². The molecule has 0 spiro atoms. The van der Waals surface area contributed by atoms with Crippen LogP contribution in [-0.2, 0) is 22.4 Å². The van der Waals surface area contributed by atoms with Gasteiger partial charge in [0.1, 0.15) is 5.82 Å². The van der Waals surface area contributed by atoms with Crippen molar-refractivity contribution in [3.8, 4) is 11.1 Å². The second-order valence-corrected chi connectivity index (χ2v) is 12.2. The Bertz CT molecular complexity index is 1430. The van der Waals surface area contributed by atoms with Crippen LogP contribution in [0.1, 0.15) is 47.2 Å². The van der Waals surface area contributed by atoms with E-state index in [1.54, 1.807) is 36.2 Å². The van der Waals surface area contributed by atoms with Gasteiger partial charge in [-0.1, -0.05) is 24.3 Å². The number of aromatic nitrogens is 1. The van der Waals surface area contributed by atoms with Crippen LogP contribution in [0.4, 0.5) is 19.0 Å². The molecule has 3 aromatic rings. The van der Waals surface area contributed by atoms with E-state index in [4.69, 9.17) is 0 Å². The summed E-state index contributed by atoms with van der Waals surface area (Å²) in [6.07, 6.45) is -0.792. The molecule has 6 nitrogen and oxygen atoms in total. The van der Waals surface area contributed by atoms with Crippen LogP contribution in [0.2, 0.25) is 0 Å². The minimum atomic E-state index is -4.44.